The number of hydrogen-bond acceptors (Lipinski definition) is 4. The van der Waals surface area contributed by atoms with Crippen molar-refractivity contribution in [2.24, 2.45) is 5.41 Å². The molecule has 1 amide bonds. The highest BCUT2D eigenvalue weighted by Gasteiger charge is 2.39. The number of amides is 1. The van der Waals surface area contributed by atoms with Crippen LogP contribution in [0.4, 0.5) is 5.69 Å². The topological polar surface area (TPSA) is 66.8 Å². The Morgan fingerprint density at radius 2 is 1.79 bits per heavy atom. The zero-order valence-electron chi connectivity index (χ0n) is 19.4. The van der Waals surface area contributed by atoms with Crippen molar-refractivity contribution in [1.82, 2.24) is 0 Å². The van der Waals surface area contributed by atoms with Crippen LogP contribution in [0.2, 0.25) is 0 Å². The van der Waals surface area contributed by atoms with Crippen molar-refractivity contribution in [2.75, 3.05) is 17.7 Å². The van der Waals surface area contributed by atoms with Gasteiger partial charge in [-0.25, -0.2) is 0 Å². The summed E-state index contributed by atoms with van der Waals surface area (Å²) in [6, 6.07) is 20.1. The first-order chi connectivity index (χ1) is 15.7. The maximum atomic E-state index is 13.6. The normalized spacial score (nSPS) is 18.8. The van der Waals surface area contributed by atoms with Crippen LogP contribution in [0.1, 0.15) is 44.4 Å². The van der Waals surface area contributed by atoms with E-state index in [2.05, 4.69) is 26.8 Å². The van der Waals surface area contributed by atoms with Crippen molar-refractivity contribution in [2.45, 2.75) is 44.3 Å². The lowest BCUT2D eigenvalue weighted by atomic mass is 9.93. The number of aliphatic carboxylic acids is 1. The summed E-state index contributed by atoms with van der Waals surface area (Å²) in [5, 5.41) is 11.7. The molecule has 2 unspecified atom stereocenters. The predicted octanol–water partition coefficient (Wildman–Crippen LogP) is 5.90. The minimum Gasteiger partial charge on any atom is -0.481 e. The number of carbonyl (C=O) groups is 2. The Hall–Kier alpha value is -2.83. The number of ether oxygens (including phenoxy) is 1. The van der Waals surface area contributed by atoms with Crippen LogP contribution in [-0.4, -0.2) is 35.9 Å². The first-order valence-corrected chi connectivity index (χ1v) is 12.2. The van der Waals surface area contributed by atoms with Gasteiger partial charge in [0, 0.05) is 22.7 Å². The Balaban J connectivity index is 1.97. The van der Waals surface area contributed by atoms with Crippen molar-refractivity contribution in [3.05, 3.63) is 71.8 Å². The number of hydrogen-bond donors (Lipinski definition) is 1. The molecule has 0 aliphatic carbocycles. The molecule has 2 atom stereocenters. The number of carboxylic acids is 1. The first-order valence-electron chi connectivity index (χ1n) is 11.0. The van der Waals surface area contributed by atoms with Gasteiger partial charge in [-0.1, -0.05) is 63.2 Å². The van der Waals surface area contributed by atoms with Gasteiger partial charge < -0.3 is 14.7 Å². The zero-order valence-corrected chi connectivity index (χ0v) is 20.2. The summed E-state index contributed by atoms with van der Waals surface area (Å²) < 4.78 is 6.42. The van der Waals surface area contributed by atoms with E-state index in [4.69, 9.17) is 4.74 Å². The van der Waals surface area contributed by atoms with E-state index in [0.717, 1.165) is 32.5 Å². The van der Waals surface area contributed by atoms with Crippen molar-refractivity contribution in [1.29, 1.82) is 0 Å². The van der Waals surface area contributed by atoms with E-state index in [9.17, 15) is 14.7 Å². The molecule has 3 aromatic carbocycles. The minimum absolute atomic E-state index is 0.182. The van der Waals surface area contributed by atoms with E-state index in [1.54, 1.807) is 16.7 Å². The standard InChI is InChI=1S/C27H29NO4S/c1-27(2,3)16-28-22-13-12-18(33-4)14-21(22)25(32-23(26(28)31)15-24(29)30)20-11-7-9-17-8-5-6-10-19(17)20/h5-14,23,25H,15-16H2,1-4H3,(H,29,30). The molecule has 0 fully saturated rings. The van der Waals surface area contributed by atoms with E-state index in [1.165, 1.54) is 0 Å². The Morgan fingerprint density at radius 1 is 1.06 bits per heavy atom. The van der Waals surface area contributed by atoms with Gasteiger partial charge >= 0.3 is 5.97 Å². The van der Waals surface area contributed by atoms with Crippen LogP contribution in [0.3, 0.4) is 0 Å². The summed E-state index contributed by atoms with van der Waals surface area (Å²) in [5.41, 5.74) is 2.40. The molecule has 1 aliphatic heterocycles. The van der Waals surface area contributed by atoms with Gasteiger partial charge in [-0.15, -0.1) is 11.8 Å². The van der Waals surface area contributed by atoms with Crippen molar-refractivity contribution < 1.29 is 19.4 Å². The Labute approximate surface area is 198 Å². The van der Waals surface area contributed by atoms with Gasteiger partial charge in [0.1, 0.15) is 12.2 Å². The van der Waals surface area contributed by atoms with Gasteiger partial charge in [-0.3, -0.25) is 9.59 Å². The molecule has 0 aromatic heterocycles. The monoisotopic (exact) mass is 463 g/mol. The van der Waals surface area contributed by atoms with Crippen LogP contribution in [0.5, 0.6) is 0 Å². The lowest BCUT2D eigenvalue weighted by Crippen LogP contribution is -2.44. The SMILES string of the molecule is CSc1ccc2c(c1)C(c1cccc3ccccc13)OC(CC(=O)O)C(=O)N2CC(C)(C)C. The highest BCUT2D eigenvalue weighted by atomic mass is 32.2. The first kappa shape index (κ1) is 23.3. The second-order valence-electron chi connectivity index (χ2n) is 9.58. The molecule has 1 heterocycles. The summed E-state index contributed by atoms with van der Waals surface area (Å²) in [6.07, 6.45) is -0.0304. The molecule has 0 saturated heterocycles. The van der Waals surface area contributed by atoms with E-state index >= 15 is 0 Å². The van der Waals surface area contributed by atoms with Crippen LogP contribution in [-0.2, 0) is 14.3 Å². The lowest BCUT2D eigenvalue weighted by Gasteiger charge is -2.31. The molecule has 1 N–H and O–H groups in total. The van der Waals surface area contributed by atoms with E-state index in [1.807, 2.05) is 60.9 Å². The zero-order chi connectivity index (χ0) is 23.8. The molecule has 1 aliphatic rings. The molecule has 33 heavy (non-hydrogen) atoms. The molecule has 0 radical (unpaired) electrons. The lowest BCUT2D eigenvalue weighted by molar-refractivity contribution is -0.147. The number of anilines is 1. The summed E-state index contributed by atoms with van der Waals surface area (Å²) >= 11 is 1.62. The number of carbonyl (C=O) groups excluding carboxylic acids is 1. The maximum Gasteiger partial charge on any atom is 0.306 e. The molecule has 0 bridgehead atoms. The van der Waals surface area contributed by atoms with Gasteiger partial charge in [-0.2, -0.15) is 0 Å². The summed E-state index contributed by atoms with van der Waals surface area (Å²) in [7, 11) is 0. The highest BCUT2D eigenvalue weighted by molar-refractivity contribution is 7.98. The Morgan fingerprint density at radius 3 is 2.48 bits per heavy atom. The average Bonchev–Trinajstić information content (AvgIpc) is 2.87. The largest absolute Gasteiger partial charge is 0.481 e. The van der Waals surface area contributed by atoms with Crippen LogP contribution in [0.25, 0.3) is 10.8 Å². The third-order valence-corrected chi connectivity index (χ3v) is 6.47. The number of benzene rings is 3. The minimum atomic E-state index is -1.08. The second kappa shape index (κ2) is 9.20. The van der Waals surface area contributed by atoms with Crippen LogP contribution < -0.4 is 4.90 Å². The quantitative estimate of drug-likeness (QED) is 0.477. The number of thioether (sulfide) groups is 1. The van der Waals surface area contributed by atoms with Crippen molar-refractivity contribution in [3.63, 3.8) is 0 Å². The Kier molecular flexibility index (Phi) is 6.50. The summed E-state index contributed by atoms with van der Waals surface area (Å²) in [4.78, 5) is 28.1. The van der Waals surface area contributed by atoms with E-state index in [0.29, 0.717) is 6.54 Å². The smallest absolute Gasteiger partial charge is 0.306 e. The Bertz CT molecular complexity index is 1190. The molecule has 0 spiro atoms. The highest BCUT2D eigenvalue weighted by Crippen LogP contribution is 2.43. The number of carboxylic acid groups (broad SMARTS) is 1. The predicted molar refractivity (Wildman–Crippen MR) is 133 cm³/mol. The van der Waals surface area contributed by atoms with Crippen LogP contribution >= 0.6 is 11.8 Å². The van der Waals surface area contributed by atoms with E-state index in [-0.39, 0.29) is 17.7 Å². The summed E-state index contributed by atoms with van der Waals surface area (Å²) in [6.45, 7) is 6.66. The molecule has 6 heteroatoms. The van der Waals surface area contributed by atoms with Crippen molar-refractivity contribution >= 4 is 40.1 Å². The third kappa shape index (κ3) is 4.92. The fourth-order valence-electron chi connectivity index (χ4n) is 4.36. The van der Waals surface area contributed by atoms with Gasteiger partial charge in [-0.05, 0) is 46.2 Å². The molecule has 5 nitrogen and oxygen atoms in total. The summed E-state index contributed by atoms with van der Waals surface area (Å²) in [5.74, 6) is -1.37. The maximum absolute atomic E-state index is 13.6. The third-order valence-electron chi connectivity index (χ3n) is 5.75. The van der Waals surface area contributed by atoms with E-state index < -0.39 is 18.2 Å². The number of fused-ring (bicyclic) bond motifs is 2. The fourth-order valence-corrected chi connectivity index (χ4v) is 4.80. The van der Waals surface area contributed by atoms with Crippen molar-refractivity contribution in [3.8, 4) is 0 Å². The fraction of sp³-hybridized carbons (Fsp3) is 0.333. The van der Waals surface area contributed by atoms with Gasteiger partial charge in [0.25, 0.3) is 5.91 Å². The number of nitrogens with zero attached hydrogens (tertiary/aromatic N) is 1. The van der Waals surface area contributed by atoms with Gasteiger partial charge in [0.15, 0.2) is 0 Å². The molecular formula is C27H29NO4S. The molecule has 0 saturated carbocycles. The molecule has 4 rings (SSSR count). The number of rotatable bonds is 5. The van der Waals surface area contributed by atoms with Crippen LogP contribution in [0.15, 0.2) is 65.6 Å². The molecule has 3 aromatic rings. The second-order valence-corrected chi connectivity index (χ2v) is 10.5. The molecule has 172 valence electrons. The van der Waals surface area contributed by atoms with Gasteiger partial charge in [0.2, 0.25) is 0 Å². The van der Waals surface area contributed by atoms with Gasteiger partial charge in [0.05, 0.1) is 6.42 Å². The average molecular weight is 464 g/mol. The van der Waals surface area contributed by atoms with Crippen LogP contribution in [0, 0.1) is 5.41 Å². The molecular weight excluding hydrogens is 434 g/mol.